The first-order chi connectivity index (χ1) is 10.1. The summed E-state index contributed by atoms with van der Waals surface area (Å²) in [5.74, 6) is -0.294. The molecule has 0 bridgehead atoms. The summed E-state index contributed by atoms with van der Waals surface area (Å²) in [6.45, 7) is 0. The van der Waals surface area contributed by atoms with Crippen molar-refractivity contribution in [3.63, 3.8) is 0 Å². The van der Waals surface area contributed by atoms with Crippen LogP contribution < -0.4 is 5.73 Å². The molecule has 0 aliphatic carbocycles. The highest BCUT2D eigenvalue weighted by molar-refractivity contribution is 9.10. The summed E-state index contributed by atoms with van der Waals surface area (Å²) < 4.78 is 14.6. The van der Waals surface area contributed by atoms with Gasteiger partial charge in [-0.1, -0.05) is 46.3 Å². The topological polar surface area (TPSA) is 38.9 Å². The third-order valence-corrected chi connectivity index (χ3v) is 4.15. The number of rotatable bonds is 3. The zero-order valence-corrected chi connectivity index (χ0v) is 12.8. The molecule has 0 saturated heterocycles. The zero-order chi connectivity index (χ0) is 14.8. The van der Waals surface area contributed by atoms with Gasteiger partial charge < -0.3 is 5.73 Å². The average Bonchev–Trinajstić information content (AvgIpc) is 2.47. The first-order valence-electron chi connectivity index (χ1n) is 6.69. The molecule has 0 spiro atoms. The van der Waals surface area contributed by atoms with Gasteiger partial charge >= 0.3 is 0 Å². The van der Waals surface area contributed by atoms with Crippen LogP contribution in [0.25, 0.3) is 10.9 Å². The summed E-state index contributed by atoms with van der Waals surface area (Å²) in [6, 6.07) is 16.3. The van der Waals surface area contributed by atoms with E-state index in [1.807, 2.05) is 36.4 Å². The monoisotopic (exact) mass is 344 g/mol. The summed E-state index contributed by atoms with van der Waals surface area (Å²) in [4.78, 5) is 4.58. The first-order valence-corrected chi connectivity index (χ1v) is 7.48. The number of para-hydroxylation sites is 1. The number of hydrogen-bond acceptors (Lipinski definition) is 2. The van der Waals surface area contributed by atoms with Crippen molar-refractivity contribution in [2.75, 3.05) is 0 Å². The molecule has 0 aliphatic rings. The Bertz CT molecular complexity index is 768. The van der Waals surface area contributed by atoms with Gasteiger partial charge in [-0.15, -0.1) is 0 Å². The average molecular weight is 345 g/mol. The van der Waals surface area contributed by atoms with Crippen molar-refractivity contribution < 1.29 is 4.39 Å². The third-order valence-electron chi connectivity index (χ3n) is 3.46. The Morgan fingerprint density at radius 3 is 2.67 bits per heavy atom. The van der Waals surface area contributed by atoms with Crippen LogP contribution in [-0.4, -0.2) is 4.98 Å². The van der Waals surface area contributed by atoms with Crippen molar-refractivity contribution in [2.45, 2.75) is 12.5 Å². The molecule has 2 nitrogen and oxygen atoms in total. The van der Waals surface area contributed by atoms with Crippen LogP contribution in [-0.2, 0) is 6.42 Å². The molecule has 0 amide bonds. The fourth-order valence-electron chi connectivity index (χ4n) is 2.41. The maximum Gasteiger partial charge on any atom is 0.129 e. The second-order valence-electron chi connectivity index (χ2n) is 4.94. The molecule has 0 saturated carbocycles. The van der Waals surface area contributed by atoms with Crippen LogP contribution in [0.2, 0.25) is 0 Å². The highest BCUT2D eigenvalue weighted by atomic mass is 79.9. The quantitative estimate of drug-likeness (QED) is 0.765. The van der Waals surface area contributed by atoms with Crippen molar-refractivity contribution in [1.82, 2.24) is 4.98 Å². The summed E-state index contributed by atoms with van der Waals surface area (Å²) in [6.07, 6.45) is 0.490. The molecule has 1 heterocycles. The maximum absolute atomic E-state index is 13.9. The van der Waals surface area contributed by atoms with Gasteiger partial charge in [-0.25, -0.2) is 4.39 Å². The van der Waals surface area contributed by atoms with E-state index in [0.717, 1.165) is 16.6 Å². The standard InChI is InChI=1S/C17H14BrFN2/c18-13-5-3-6-14(19)17(13)15(20)10-12-9-8-11-4-1-2-7-16(11)21-12/h1-9,15H,10,20H2. The Morgan fingerprint density at radius 1 is 1.05 bits per heavy atom. The minimum Gasteiger partial charge on any atom is -0.324 e. The first kappa shape index (κ1) is 14.2. The number of halogens is 2. The lowest BCUT2D eigenvalue weighted by Gasteiger charge is -2.14. The highest BCUT2D eigenvalue weighted by Crippen LogP contribution is 2.27. The second-order valence-corrected chi connectivity index (χ2v) is 5.80. The zero-order valence-electron chi connectivity index (χ0n) is 11.3. The van der Waals surface area contributed by atoms with Crippen LogP contribution in [0.1, 0.15) is 17.3 Å². The number of aromatic nitrogens is 1. The van der Waals surface area contributed by atoms with E-state index < -0.39 is 6.04 Å². The minimum atomic E-state index is -0.436. The summed E-state index contributed by atoms with van der Waals surface area (Å²) in [7, 11) is 0. The summed E-state index contributed by atoms with van der Waals surface area (Å²) >= 11 is 3.36. The Balaban J connectivity index is 1.91. The van der Waals surface area contributed by atoms with E-state index in [4.69, 9.17) is 5.73 Å². The van der Waals surface area contributed by atoms with Crippen LogP contribution in [0, 0.1) is 5.82 Å². The van der Waals surface area contributed by atoms with Crippen LogP contribution >= 0.6 is 15.9 Å². The SMILES string of the molecule is NC(Cc1ccc2ccccc2n1)c1c(F)cccc1Br. The Kier molecular flexibility index (Phi) is 3.99. The molecule has 2 aromatic carbocycles. The number of benzene rings is 2. The molecule has 3 aromatic rings. The molecule has 0 radical (unpaired) electrons. The normalized spacial score (nSPS) is 12.5. The van der Waals surface area contributed by atoms with Crippen molar-refractivity contribution in [1.29, 1.82) is 0 Å². The lowest BCUT2D eigenvalue weighted by Crippen LogP contribution is -2.16. The van der Waals surface area contributed by atoms with Crippen LogP contribution in [0.15, 0.2) is 59.1 Å². The Labute approximate surface area is 130 Å². The molecule has 1 unspecified atom stereocenters. The molecule has 21 heavy (non-hydrogen) atoms. The van der Waals surface area contributed by atoms with Gasteiger partial charge in [-0.2, -0.15) is 0 Å². The highest BCUT2D eigenvalue weighted by Gasteiger charge is 2.16. The van der Waals surface area contributed by atoms with Crippen molar-refractivity contribution in [3.8, 4) is 0 Å². The van der Waals surface area contributed by atoms with E-state index in [2.05, 4.69) is 20.9 Å². The molecule has 3 rings (SSSR count). The van der Waals surface area contributed by atoms with E-state index in [1.54, 1.807) is 12.1 Å². The van der Waals surface area contributed by atoms with Gasteiger partial charge in [0.25, 0.3) is 0 Å². The van der Waals surface area contributed by atoms with Gasteiger partial charge in [0.2, 0.25) is 0 Å². The van der Waals surface area contributed by atoms with E-state index >= 15 is 0 Å². The van der Waals surface area contributed by atoms with Gasteiger partial charge in [-0.3, -0.25) is 4.98 Å². The van der Waals surface area contributed by atoms with Crippen LogP contribution in [0.4, 0.5) is 4.39 Å². The van der Waals surface area contributed by atoms with Crippen LogP contribution in [0.3, 0.4) is 0 Å². The molecule has 0 fully saturated rings. The van der Waals surface area contributed by atoms with Crippen LogP contribution in [0.5, 0.6) is 0 Å². The van der Waals surface area contributed by atoms with Gasteiger partial charge in [0.15, 0.2) is 0 Å². The molecule has 4 heteroatoms. The van der Waals surface area contributed by atoms with Gasteiger partial charge in [-0.05, 0) is 24.3 Å². The fourth-order valence-corrected chi connectivity index (χ4v) is 3.05. The van der Waals surface area contributed by atoms with E-state index in [0.29, 0.717) is 16.5 Å². The minimum absolute atomic E-state index is 0.294. The Hall–Kier alpha value is -1.78. The number of fused-ring (bicyclic) bond motifs is 1. The van der Waals surface area contributed by atoms with Crippen molar-refractivity contribution in [2.24, 2.45) is 5.73 Å². The number of hydrogen-bond donors (Lipinski definition) is 1. The molecule has 2 N–H and O–H groups in total. The lowest BCUT2D eigenvalue weighted by atomic mass is 10.0. The summed E-state index contributed by atoms with van der Waals surface area (Å²) in [5.41, 5.74) is 8.44. The molecule has 0 aliphatic heterocycles. The van der Waals surface area contributed by atoms with E-state index in [-0.39, 0.29) is 5.82 Å². The third kappa shape index (κ3) is 2.96. The predicted molar refractivity (Wildman–Crippen MR) is 86.5 cm³/mol. The maximum atomic E-state index is 13.9. The second kappa shape index (κ2) is 5.92. The van der Waals surface area contributed by atoms with Gasteiger partial charge in [0.1, 0.15) is 5.82 Å². The van der Waals surface area contributed by atoms with Gasteiger partial charge in [0, 0.05) is 33.6 Å². The van der Waals surface area contributed by atoms with Gasteiger partial charge in [0.05, 0.1) is 5.52 Å². The lowest BCUT2D eigenvalue weighted by molar-refractivity contribution is 0.576. The summed E-state index contributed by atoms with van der Waals surface area (Å²) in [5, 5.41) is 1.09. The number of pyridine rings is 1. The van der Waals surface area contributed by atoms with E-state index in [1.165, 1.54) is 6.07 Å². The molecule has 106 valence electrons. The molecular weight excluding hydrogens is 331 g/mol. The van der Waals surface area contributed by atoms with Crippen molar-refractivity contribution >= 4 is 26.8 Å². The largest absolute Gasteiger partial charge is 0.324 e. The smallest absolute Gasteiger partial charge is 0.129 e. The number of nitrogens with two attached hydrogens (primary N) is 1. The van der Waals surface area contributed by atoms with Crippen molar-refractivity contribution in [3.05, 3.63) is 76.1 Å². The predicted octanol–water partition coefficient (Wildman–Crippen LogP) is 4.38. The molecular formula is C17H14BrFN2. The molecule has 1 atom stereocenters. The number of nitrogens with zero attached hydrogens (tertiary/aromatic N) is 1. The fraction of sp³-hybridized carbons (Fsp3) is 0.118. The Morgan fingerprint density at radius 2 is 1.86 bits per heavy atom. The van der Waals surface area contributed by atoms with E-state index in [9.17, 15) is 4.39 Å². The molecule has 1 aromatic heterocycles.